The van der Waals surface area contributed by atoms with Gasteiger partial charge in [0, 0.05) is 26.7 Å². The highest BCUT2D eigenvalue weighted by atomic mass is 16.5. The number of nitrogens with one attached hydrogen (secondary N) is 1. The lowest BCUT2D eigenvalue weighted by atomic mass is 10.1. The Bertz CT molecular complexity index is 310. The third-order valence-corrected chi connectivity index (χ3v) is 3.11. The molecule has 7 nitrogen and oxygen atoms in total. The molecule has 1 fully saturated rings. The number of amides is 1. The maximum absolute atomic E-state index is 11.9. The molecule has 0 aromatic carbocycles. The van der Waals surface area contributed by atoms with Gasteiger partial charge in [0.2, 0.25) is 5.91 Å². The molecule has 0 saturated carbocycles. The van der Waals surface area contributed by atoms with Crippen molar-refractivity contribution in [3.8, 4) is 0 Å². The number of carbonyl (C=O) groups excluding carboxylic acids is 1. The topological polar surface area (TPSA) is 88.1 Å². The SMILES string of the molecule is COCCNC(=O)C(C)N1CCOC(CC(=O)O)C1. The third-order valence-electron chi connectivity index (χ3n) is 3.11. The van der Waals surface area contributed by atoms with Gasteiger partial charge in [-0.05, 0) is 6.92 Å². The van der Waals surface area contributed by atoms with Crippen LogP contribution >= 0.6 is 0 Å². The molecule has 1 saturated heterocycles. The van der Waals surface area contributed by atoms with Crippen molar-refractivity contribution < 1.29 is 24.2 Å². The Labute approximate surface area is 112 Å². The molecule has 0 aromatic heterocycles. The van der Waals surface area contributed by atoms with Gasteiger partial charge in [-0.25, -0.2) is 0 Å². The fourth-order valence-corrected chi connectivity index (χ4v) is 2.00. The van der Waals surface area contributed by atoms with Crippen LogP contribution < -0.4 is 5.32 Å². The van der Waals surface area contributed by atoms with E-state index in [0.717, 1.165) is 0 Å². The number of hydrogen-bond acceptors (Lipinski definition) is 5. The predicted octanol–water partition coefficient (Wildman–Crippen LogP) is -0.687. The van der Waals surface area contributed by atoms with E-state index in [9.17, 15) is 9.59 Å². The second-order valence-corrected chi connectivity index (χ2v) is 4.55. The lowest BCUT2D eigenvalue weighted by Gasteiger charge is -2.35. The van der Waals surface area contributed by atoms with Crippen molar-refractivity contribution in [2.75, 3.05) is 40.0 Å². The highest BCUT2D eigenvalue weighted by Gasteiger charge is 2.28. The van der Waals surface area contributed by atoms with E-state index < -0.39 is 5.97 Å². The predicted molar refractivity (Wildman–Crippen MR) is 67.9 cm³/mol. The zero-order valence-electron chi connectivity index (χ0n) is 11.4. The minimum atomic E-state index is -0.885. The Balaban J connectivity index is 2.40. The van der Waals surface area contributed by atoms with Crippen LogP contribution in [-0.2, 0) is 19.1 Å². The molecular weight excluding hydrogens is 252 g/mol. The molecule has 19 heavy (non-hydrogen) atoms. The van der Waals surface area contributed by atoms with Crippen LogP contribution in [0.3, 0.4) is 0 Å². The first-order chi connectivity index (χ1) is 9.04. The average molecular weight is 274 g/mol. The van der Waals surface area contributed by atoms with Gasteiger partial charge in [-0.1, -0.05) is 0 Å². The standard InChI is InChI=1S/C12H22N2O5/c1-9(12(17)13-3-5-18-2)14-4-6-19-10(8-14)7-11(15)16/h9-10H,3-8H2,1-2H3,(H,13,17)(H,15,16). The molecule has 0 radical (unpaired) electrons. The van der Waals surface area contributed by atoms with Crippen LogP contribution in [0.2, 0.25) is 0 Å². The fourth-order valence-electron chi connectivity index (χ4n) is 2.00. The van der Waals surface area contributed by atoms with Crippen molar-refractivity contribution in [2.45, 2.75) is 25.5 Å². The van der Waals surface area contributed by atoms with Gasteiger partial charge >= 0.3 is 5.97 Å². The minimum Gasteiger partial charge on any atom is -0.481 e. The quantitative estimate of drug-likeness (QED) is 0.598. The van der Waals surface area contributed by atoms with E-state index in [1.54, 1.807) is 7.11 Å². The molecule has 0 aromatic rings. The first kappa shape index (κ1) is 15.9. The molecule has 7 heteroatoms. The summed E-state index contributed by atoms with van der Waals surface area (Å²) in [6.07, 6.45) is -0.380. The zero-order chi connectivity index (χ0) is 14.3. The Hall–Kier alpha value is -1.18. The number of rotatable bonds is 7. The fraction of sp³-hybridized carbons (Fsp3) is 0.833. The maximum atomic E-state index is 11.9. The molecule has 1 aliphatic rings. The van der Waals surface area contributed by atoms with Crippen LogP contribution in [0, 0.1) is 0 Å². The van der Waals surface area contributed by atoms with E-state index in [1.807, 2.05) is 11.8 Å². The van der Waals surface area contributed by atoms with Gasteiger partial charge in [0.05, 0.1) is 31.8 Å². The van der Waals surface area contributed by atoms with Gasteiger partial charge in [0.25, 0.3) is 0 Å². The first-order valence-electron chi connectivity index (χ1n) is 6.38. The molecule has 0 aliphatic carbocycles. The second kappa shape index (κ2) is 8.08. The molecule has 1 amide bonds. The lowest BCUT2D eigenvalue weighted by molar-refractivity contribution is -0.143. The van der Waals surface area contributed by atoms with Gasteiger partial charge < -0.3 is 19.9 Å². The summed E-state index contributed by atoms with van der Waals surface area (Å²) in [4.78, 5) is 24.5. The van der Waals surface area contributed by atoms with Gasteiger partial charge in [-0.15, -0.1) is 0 Å². The van der Waals surface area contributed by atoms with Crippen LogP contribution in [0.15, 0.2) is 0 Å². The summed E-state index contributed by atoms with van der Waals surface area (Å²) in [6.45, 7) is 4.31. The van der Waals surface area contributed by atoms with Gasteiger partial charge in [-0.2, -0.15) is 0 Å². The highest BCUT2D eigenvalue weighted by molar-refractivity contribution is 5.81. The van der Waals surface area contributed by atoms with E-state index in [0.29, 0.717) is 32.8 Å². The number of carboxylic acids is 1. The molecular formula is C12H22N2O5. The van der Waals surface area contributed by atoms with Crippen molar-refractivity contribution in [3.63, 3.8) is 0 Å². The number of methoxy groups -OCH3 is 1. The molecule has 2 N–H and O–H groups in total. The summed E-state index contributed by atoms with van der Waals surface area (Å²) in [5, 5.41) is 11.5. The van der Waals surface area contributed by atoms with Gasteiger partial charge in [0.15, 0.2) is 0 Å². The van der Waals surface area contributed by atoms with Crippen LogP contribution in [-0.4, -0.2) is 74.0 Å². The number of carbonyl (C=O) groups is 2. The summed E-state index contributed by atoms with van der Waals surface area (Å²) in [5.41, 5.74) is 0. The zero-order valence-corrected chi connectivity index (χ0v) is 11.4. The van der Waals surface area contributed by atoms with E-state index >= 15 is 0 Å². The normalized spacial score (nSPS) is 21.9. The number of nitrogens with zero attached hydrogens (tertiary/aromatic N) is 1. The molecule has 1 aliphatic heterocycles. The highest BCUT2D eigenvalue weighted by Crippen LogP contribution is 2.11. The van der Waals surface area contributed by atoms with Crippen molar-refractivity contribution in [1.29, 1.82) is 0 Å². The van der Waals surface area contributed by atoms with Gasteiger partial charge in [-0.3, -0.25) is 14.5 Å². The number of carboxylic acid groups (broad SMARTS) is 1. The minimum absolute atomic E-state index is 0.0332. The van der Waals surface area contributed by atoms with E-state index in [2.05, 4.69) is 5.32 Å². The Morgan fingerprint density at radius 1 is 1.58 bits per heavy atom. The Morgan fingerprint density at radius 2 is 2.32 bits per heavy atom. The van der Waals surface area contributed by atoms with E-state index in [1.165, 1.54) is 0 Å². The van der Waals surface area contributed by atoms with Crippen molar-refractivity contribution in [1.82, 2.24) is 10.2 Å². The maximum Gasteiger partial charge on any atom is 0.306 e. The van der Waals surface area contributed by atoms with E-state index in [4.69, 9.17) is 14.6 Å². The molecule has 1 rings (SSSR count). The lowest BCUT2D eigenvalue weighted by Crippen LogP contribution is -2.52. The van der Waals surface area contributed by atoms with Crippen LogP contribution in [0.25, 0.3) is 0 Å². The Morgan fingerprint density at radius 3 is 2.95 bits per heavy atom. The summed E-state index contributed by atoms with van der Waals surface area (Å²) in [6, 6.07) is -0.294. The smallest absolute Gasteiger partial charge is 0.306 e. The van der Waals surface area contributed by atoms with Crippen molar-refractivity contribution in [3.05, 3.63) is 0 Å². The second-order valence-electron chi connectivity index (χ2n) is 4.55. The monoisotopic (exact) mass is 274 g/mol. The molecule has 0 spiro atoms. The van der Waals surface area contributed by atoms with Crippen LogP contribution in [0.4, 0.5) is 0 Å². The summed E-state index contributed by atoms with van der Waals surface area (Å²) in [7, 11) is 1.58. The average Bonchev–Trinajstić information content (AvgIpc) is 2.37. The molecule has 110 valence electrons. The molecule has 0 bridgehead atoms. The largest absolute Gasteiger partial charge is 0.481 e. The number of ether oxygens (including phenoxy) is 2. The first-order valence-corrected chi connectivity index (χ1v) is 6.38. The van der Waals surface area contributed by atoms with E-state index in [-0.39, 0.29) is 24.5 Å². The summed E-state index contributed by atoms with van der Waals surface area (Å²) in [5.74, 6) is -0.961. The number of hydrogen-bond donors (Lipinski definition) is 2. The Kier molecular flexibility index (Phi) is 6.75. The molecule has 2 unspecified atom stereocenters. The number of morpholine rings is 1. The van der Waals surface area contributed by atoms with Crippen LogP contribution in [0.1, 0.15) is 13.3 Å². The van der Waals surface area contributed by atoms with Gasteiger partial charge in [0.1, 0.15) is 0 Å². The third kappa shape index (κ3) is 5.54. The van der Waals surface area contributed by atoms with Crippen molar-refractivity contribution in [2.24, 2.45) is 0 Å². The summed E-state index contributed by atoms with van der Waals surface area (Å²) < 4.78 is 10.2. The van der Waals surface area contributed by atoms with Crippen molar-refractivity contribution >= 4 is 11.9 Å². The van der Waals surface area contributed by atoms with Crippen LogP contribution in [0.5, 0.6) is 0 Å². The number of aliphatic carboxylic acids is 1. The summed E-state index contributed by atoms with van der Waals surface area (Å²) >= 11 is 0. The molecule has 1 heterocycles. The molecule has 2 atom stereocenters.